The fraction of sp³-hybridized carbons (Fsp3) is 0.333. The van der Waals surface area contributed by atoms with E-state index >= 15 is 0 Å². The Kier molecular flexibility index (Phi) is 1.72. The van der Waals surface area contributed by atoms with Crippen molar-refractivity contribution in [3.63, 3.8) is 0 Å². The molecule has 0 nitrogen and oxygen atoms in total. The molecule has 0 aromatic heterocycles. The summed E-state index contributed by atoms with van der Waals surface area (Å²) in [5.74, 6) is -2.70. The Labute approximate surface area is 77.7 Å². The van der Waals surface area contributed by atoms with Gasteiger partial charge in [-0.25, -0.2) is 8.78 Å². The molecule has 1 atom stereocenters. The van der Waals surface area contributed by atoms with E-state index in [9.17, 15) is 8.78 Å². The molecule has 12 heavy (non-hydrogen) atoms. The van der Waals surface area contributed by atoms with Gasteiger partial charge in [0, 0.05) is 5.56 Å². The Balaban J connectivity index is 2.55. The summed E-state index contributed by atoms with van der Waals surface area (Å²) in [6, 6.07) is 6.69. The summed E-state index contributed by atoms with van der Waals surface area (Å²) >= 11 is 2.99. The zero-order valence-electron chi connectivity index (χ0n) is 6.23. The standard InChI is InChI=1S/C9H7BrF2/c10-8-5-6-3-1-2-4-7(6)9(8,11)12/h1-4,8H,5H2. The molecule has 0 N–H and O–H groups in total. The van der Waals surface area contributed by atoms with Crippen LogP contribution in [0.2, 0.25) is 0 Å². The number of alkyl halides is 3. The third kappa shape index (κ3) is 0.993. The summed E-state index contributed by atoms with van der Waals surface area (Å²) in [5, 5.41) is 0. The summed E-state index contributed by atoms with van der Waals surface area (Å²) in [6.07, 6.45) is 0.420. The molecule has 0 saturated heterocycles. The molecule has 0 bridgehead atoms. The number of fused-ring (bicyclic) bond motifs is 1. The second kappa shape index (κ2) is 2.52. The molecule has 0 aliphatic heterocycles. The molecule has 1 aliphatic carbocycles. The number of hydrogen-bond donors (Lipinski definition) is 0. The van der Waals surface area contributed by atoms with Gasteiger partial charge in [0.05, 0.1) is 4.83 Å². The molecule has 0 spiro atoms. The first-order chi connectivity index (χ1) is 5.62. The van der Waals surface area contributed by atoms with Crippen molar-refractivity contribution in [3.8, 4) is 0 Å². The minimum atomic E-state index is -2.70. The van der Waals surface area contributed by atoms with Crippen molar-refractivity contribution < 1.29 is 8.78 Å². The van der Waals surface area contributed by atoms with Crippen molar-refractivity contribution in [2.24, 2.45) is 0 Å². The second-order valence-corrected chi connectivity index (χ2v) is 4.06. The topological polar surface area (TPSA) is 0 Å². The van der Waals surface area contributed by atoms with Gasteiger partial charge in [-0.05, 0) is 12.0 Å². The number of hydrogen-bond acceptors (Lipinski definition) is 0. The summed E-state index contributed by atoms with van der Waals surface area (Å²) < 4.78 is 26.6. The minimum absolute atomic E-state index is 0.173. The van der Waals surface area contributed by atoms with Gasteiger partial charge in [-0.1, -0.05) is 40.2 Å². The Bertz CT molecular complexity index is 309. The van der Waals surface area contributed by atoms with E-state index < -0.39 is 10.7 Å². The largest absolute Gasteiger partial charge is 0.286 e. The molecular formula is C9H7BrF2. The molecule has 0 fully saturated rings. The van der Waals surface area contributed by atoms with Gasteiger partial charge in [0.25, 0.3) is 5.92 Å². The van der Waals surface area contributed by atoms with E-state index in [2.05, 4.69) is 15.9 Å². The molecule has 0 amide bonds. The molecule has 0 radical (unpaired) electrons. The van der Waals surface area contributed by atoms with Crippen LogP contribution < -0.4 is 0 Å². The van der Waals surface area contributed by atoms with Gasteiger partial charge in [0.1, 0.15) is 0 Å². The highest BCUT2D eigenvalue weighted by Crippen LogP contribution is 2.45. The van der Waals surface area contributed by atoms with E-state index in [1.165, 1.54) is 6.07 Å². The number of benzene rings is 1. The number of rotatable bonds is 0. The first-order valence-electron chi connectivity index (χ1n) is 3.72. The average molecular weight is 233 g/mol. The molecule has 2 rings (SSSR count). The van der Waals surface area contributed by atoms with Crippen LogP contribution in [0.1, 0.15) is 11.1 Å². The predicted octanol–water partition coefficient (Wildman–Crippen LogP) is 3.10. The fourth-order valence-electron chi connectivity index (χ4n) is 1.51. The van der Waals surface area contributed by atoms with Crippen LogP contribution in [0.5, 0.6) is 0 Å². The molecular weight excluding hydrogens is 226 g/mol. The molecule has 1 aromatic rings. The first kappa shape index (κ1) is 8.17. The normalized spacial score (nSPS) is 25.4. The lowest BCUT2D eigenvalue weighted by molar-refractivity contribution is 0.00633. The van der Waals surface area contributed by atoms with Crippen molar-refractivity contribution in [1.29, 1.82) is 0 Å². The lowest BCUT2D eigenvalue weighted by Crippen LogP contribution is -2.20. The lowest BCUT2D eigenvalue weighted by Gasteiger charge is -2.13. The van der Waals surface area contributed by atoms with E-state index in [0.717, 1.165) is 5.56 Å². The van der Waals surface area contributed by atoms with Crippen LogP contribution in [0.3, 0.4) is 0 Å². The first-order valence-corrected chi connectivity index (χ1v) is 4.64. The average Bonchev–Trinajstić information content (AvgIpc) is 2.25. The fourth-order valence-corrected chi connectivity index (χ4v) is 2.11. The highest BCUT2D eigenvalue weighted by Gasteiger charge is 2.46. The van der Waals surface area contributed by atoms with Gasteiger partial charge in [-0.15, -0.1) is 0 Å². The van der Waals surface area contributed by atoms with Gasteiger partial charge < -0.3 is 0 Å². The minimum Gasteiger partial charge on any atom is -0.200 e. The third-order valence-electron chi connectivity index (χ3n) is 2.17. The zero-order valence-corrected chi connectivity index (χ0v) is 7.81. The van der Waals surface area contributed by atoms with Crippen LogP contribution >= 0.6 is 15.9 Å². The Morgan fingerprint density at radius 1 is 1.33 bits per heavy atom. The molecule has 3 heteroatoms. The van der Waals surface area contributed by atoms with Crippen molar-refractivity contribution >= 4 is 15.9 Å². The van der Waals surface area contributed by atoms with Crippen molar-refractivity contribution in [3.05, 3.63) is 35.4 Å². The Morgan fingerprint density at radius 3 is 2.67 bits per heavy atom. The van der Waals surface area contributed by atoms with Crippen molar-refractivity contribution in [2.75, 3.05) is 0 Å². The molecule has 1 aromatic carbocycles. The SMILES string of the molecule is FC1(F)c2ccccc2CC1Br. The summed E-state index contributed by atoms with van der Waals surface area (Å²) in [7, 11) is 0. The zero-order chi connectivity index (χ0) is 8.77. The molecule has 64 valence electrons. The molecule has 0 saturated carbocycles. The van der Waals surface area contributed by atoms with Gasteiger partial charge in [0.2, 0.25) is 0 Å². The monoisotopic (exact) mass is 232 g/mol. The van der Waals surface area contributed by atoms with E-state index in [0.29, 0.717) is 6.42 Å². The maximum Gasteiger partial charge on any atom is 0.286 e. The van der Waals surface area contributed by atoms with Crippen molar-refractivity contribution in [2.45, 2.75) is 17.2 Å². The van der Waals surface area contributed by atoms with E-state index in [4.69, 9.17) is 0 Å². The van der Waals surface area contributed by atoms with Gasteiger partial charge in [-0.2, -0.15) is 0 Å². The molecule has 1 unspecified atom stereocenters. The maximum atomic E-state index is 13.3. The summed E-state index contributed by atoms with van der Waals surface area (Å²) in [5.41, 5.74) is 0.927. The quantitative estimate of drug-likeness (QED) is 0.604. The van der Waals surface area contributed by atoms with Crippen LogP contribution in [0.15, 0.2) is 24.3 Å². The smallest absolute Gasteiger partial charge is 0.200 e. The maximum absolute atomic E-state index is 13.3. The highest BCUT2D eigenvalue weighted by molar-refractivity contribution is 9.09. The third-order valence-corrected chi connectivity index (χ3v) is 3.07. The van der Waals surface area contributed by atoms with Crippen LogP contribution in [0.4, 0.5) is 8.78 Å². The van der Waals surface area contributed by atoms with Crippen molar-refractivity contribution in [1.82, 2.24) is 0 Å². The molecule has 1 aliphatic rings. The number of halogens is 3. The van der Waals surface area contributed by atoms with Gasteiger partial charge in [0.15, 0.2) is 0 Å². The van der Waals surface area contributed by atoms with Crippen LogP contribution in [0, 0.1) is 0 Å². The van der Waals surface area contributed by atoms with Crippen LogP contribution in [-0.4, -0.2) is 4.83 Å². The van der Waals surface area contributed by atoms with E-state index in [-0.39, 0.29) is 5.56 Å². The van der Waals surface area contributed by atoms with Crippen LogP contribution in [-0.2, 0) is 12.3 Å². The van der Waals surface area contributed by atoms with Crippen LogP contribution in [0.25, 0.3) is 0 Å². The predicted molar refractivity (Wildman–Crippen MR) is 46.8 cm³/mol. The molecule has 0 heterocycles. The summed E-state index contributed by atoms with van der Waals surface area (Å²) in [4.78, 5) is -0.734. The highest BCUT2D eigenvalue weighted by atomic mass is 79.9. The summed E-state index contributed by atoms with van der Waals surface area (Å²) in [6.45, 7) is 0. The van der Waals surface area contributed by atoms with E-state index in [1.54, 1.807) is 18.2 Å². The Morgan fingerprint density at radius 2 is 2.00 bits per heavy atom. The second-order valence-electron chi connectivity index (χ2n) is 2.95. The Hall–Kier alpha value is -0.440. The van der Waals surface area contributed by atoms with E-state index in [1.807, 2.05) is 0 Å². The lowest BCUT2D eigenvalue weighted by atomic mass is 10.1. The van der Waals surface area contributed by atoms with Gasteiger partial charge in [-0.3, -0.25) is 0 Å². The van der Waals surface area contributed by atoms with Gasteiger partial charge >= 0.3 is 0 Å².